The predicted molar refractivity (Wildman–Crippen MR) is 25.0 cm³/mol. The standard InChI is InChI=1S/C2H4ClFO.K.H/c3-1-2(4)5;;/h2,5H,1H2;;. The Morgan fingerprint density at radius 3 is 2.00 bits per heavy atom. The molecule has 0 aliphatic carbocycles. The summed E-state index contributed by atoms with van der Waals surface area (Å²) in [6.45, 7) is 0. The van der Waals surface area contributed by atoms with E-state index in [2.05, 4.69) is 0 Å². The van der Waals surface area contributed by atoms with Crippen molar-refractivity contribution in [2.45, 2.75) is 6.36 Å². The second-order valence-electron chi connectivity index (χ2n) is 0.589. The van der Waals surface area contributed by atoms with E-state index in [0.29, 0.717) is 0 Å². The Hall–Kier alpha value is 1.82. The third kappa shape index (κ3) is 9.26. The van der Waals surface area contributed by atoms with Gasteiger partial charge in [-0.25, -0.2) is 4.39 Å². The molecule has 0 aromatic carbocycles. The second-order valence-corrected chi connectivity index (χ2v) is 0.897. The SMILES string of the molecule is OC(F)CCl.[KH]. The van der Waals surface area contributed by atoms with Gasteiger partial charge in [0.05, 0.1) is 5.88 Å². The Labute approximate surface area is 83.3 Å². The number of hydrogen-bond donors (Lipinski definition) is 1. The molecule has 1 atom stereocenters. The number of rotatable bonds is 1. The zero-order valence-electron chi connectivity index (χ0n) is 2.49. The molecule has 0 saturated carbocycles. The molecule has 4 heteroatoms. The van der Waals surface area contributed by atoms with Crippen LogP contribution in [0.4, 0.5) is 4.39 Å². The molecule has 34 valence electrons. The molecule has 0 heterocycles. The molecule has 0 amide bonds. The van der Waals surface area contributed by atoms with Crippen molar-refractivity contribution >= 4 is 63.0 Å². The van der Waals surface area contributed by atoms with E-state index in [1.807, 2.05) is 0 Å². The quantitative estimate of drug-likeness (QED) is 0.395. The van der Waals surface area contributed by atoms with Gasteiger partial charge in [-0.2, -0.15) is 0 Å². The number of aliphatic hydroxyl groups excluding tert-OH is 1. The van der Waals surface area contributed by atoms with Crippen LogP contribution in [0.5, 0.6) is 0 Å². The Morgan fingerprint density at radius 2 is 2.00 bits per heavy atom. The summed E-state index contributed by atoms with van der Waals surface area (Å²) in [6, 6.07) is 0. The maximum atomic E-state index is 10.9. The molecule has 1 unspecified atom stereocenters. The van der Waals surface area contributed by atoms with Gasteiger partial charge in [-0.15, -0.1) is 11.6 Å². The van der Waals surface area contributed by atoms with Crippen molar-refractivity contribution in [2.75, 3.05) is 5.88 Å². The number of aliphatic hydroxyl groups is 1. The average molecular weight is 139 g/mol. The van der Waals surface area contributed by atoms with Crippen molar-refractivity contribution in [1.29, 1.82) is 0 Å². The summed E-state index contributed by atoms with van der Waals surface area (Å²) in [5.41, 5.74) is 0. The van der Waals surface area contributed by atoms with Crippen LogP contribution >= 0.6 is 11.6 Å². The molecule has 0 aromatic heterocycles. The fourth-order valence-electron chi connectivity index (χ4n) is 0. The molecule has 0 fully saturated rings. The molecule has 0 bridgehead atoms. The predicted octanol–water partition coefficient (Wildman–Crippen LogP) is -0.135. The third-order valence-electron chi connectivity index (χ3n) is 0.127. The van der Waals surface area contributed by atoms with Crippen LogP contribution in [-0.4, -0.2) is 68.7 Å². The van der Waals surface area contributed by atoms with Crippen molar-refractivity contribution in [3.8, 4) is 0 Å². The van der Waals surface area contributed by atoms with Gasteiger partial charge < -0.3 is 5.11 Å². The van der Waals surface area contributed by atoms with Gasteiger partial charge in [0.1, 0.15) is 0 Å². The van der Waals surface area contributed by atoms with Gasteiger partial charge in [-0.1, -0.05) is 0 Å². The van der Waals surface area contributed by atoms with Gasteiger partial charge in [0.2, 0.25) is 6.36 Å². The maximum absolute atomic E-state index is 10.9. The summed E-state index contributed by atoms with van der Waals surface area (Å²) in [7, 11) is 0. The van der Waals surface area contributed by atoms with Gasteiger partial charge in [-0.3, -0.25) is 0 Å². The van der Waals surface area contributed by atoms with E-state index in [0.717, 1.165) is 0 Å². The summed E-state index contributed by atoms with van der Waals surface area (Å²) < 4.78 is 10.9. The number of halogens is 2. The summed E-state index contributed by atoms with van der Waals surface area (Å²) >= 11 is 4.71. The van der Waals surface area contributed by atoms with Crippen LogP contribution in [0, 0.1) is 0 Å². The van der Waals surface area contributed by atoms with Crippen LogP contribution in [0.3, 0.4) is 0 Å². The minimum absolute atomic E-state index is 0. The van der Waals surface area contributed by atoms with Crippen molar-refractivity contribution in [1.82, 2.24) is 0 Å². The first-order valence-electron chi connectivity index (χ1n) is 1.15. The van der Waals surface area contributed by atoms with Crippen LogP contribution < -0.4 is 0 Å². The van der Waals surface area contributed by atoms with Crippen LogP contribution in [-0.2, 0) is 0 Å². The van der Waals surface area contributed by atoms with Crippen LogP contribution in [0.2, 0.25) is 0 Å². The number of hydrogen-bond acceptors (Lipinski definition) is 1. The first kappa shape index (κ1) is 10.7. The van der Waals surface area contributed by atoms with E-state index in [9.17, 15) is 4.39 Å². The first-order chi connectivity index (χ1) is 2.27. The van der Waals surface area contributed by atoms with Crippen LogP contribution in [0.25, 0.3) is 0 Å². The monoisotopic (exact) mass is 138 g/mol. The zero-order chi connectivity index (χ0) is 4.28. The molecule has 0 aromatic rings. The zero-order valence-corrected chi connectivity index (χ0v) is 3.24. The van der Waals surface area contributed by atoms with E-state index < -0.39 is 6.36 Å². The van der Waals surface area contributed by atoms with Gasteiger partial charge in [0.25, 0.3) is 0 Å². The van der Waals surface area contributed by atoms with Crippen molar-refractivity contribution in [3.05, 3.63) is 0 Å². The molecule has 0 aliphatic rings. The molecule has 1 N–H and O–H groups in total. The average Bonchev–Trinajstić information content (AvgIpc) is 1.38. The Balaban J connectivity index is 0. The molecule has 0 radical (unpaired) electrons. The van der Waals surface area contributed by atoms with Crippen molar-refractivity contribution < 1.29 is 9.50 Å². The molecule has 1 nitrogen and oxygen atoms in total. The summed E-state index contributed by atoms with van der Waals surface area (Å²) in [4.78, 5) is 0. The normalized spacial score (nSPS) is 12.5. The van der Waals surface area contributed by atoms with E-state index in [1.165, 1.54) is 0 Å². The molecular weight excluding hydrogens is 134 g/mol. The fourth-order valence-corrected chi connectivity index (χ4v) is 0. The van der Waals surface area contributed by atoms with E-state index >= 15 is 0 Å². The molecule has 0 rings (SSSR count). The Bertz CT molecular complexity index is 27.5. The van der Waals surface area contributed by atoms with Crippen LogP contribution in [0.1, 0.15) is 0 Å². The van der Waals surface area contributed by atoms with E-state index in [1.54, 1.807) is 0 Å². The minimum atomic E-state index is -1.85. The second kappa shape index (κ2) is 6.82. The van der Waals surface area contributed by atoms with Crippen molar-refractivity contribution in [3.63, 3.8) is 0 Å². The van der Waals surface area contributed by atoms with E-state index in [-0.39, 0.29) is 57.3 Å². The number of alkyl halides is 2. The van der Waals surface area contributed by atoms with Crippen LogP contribution in [0.15, 0.2) is 0 Å². The van der Waals surface area contributed by atoms with E-state index in [4.69, 9.17) is 16.7 Å². The van der Waals surface area contributed by atoms with Crippen molar-refractivity contribution in [2.24, 2.45) is 0 Å². The third-order valence-corrected chi connectivity index (χ3v) is 0.382. The molecule has 6 heavy (non-hydrogen) atoms. The molecular formula is C2H5ClFKO. The summed E-state index contributed by atoms with van der Waals surface area (Å²) in [5, 5.41) is 7.56. The van der Waals surface area contributed by atoms with Gasteiger partial charge in [0, 0.05) is 0 Å². The molecule has 0 aliphatic heterocycles. The summed E-state index contributed by atoms with van der Waals surface area (Å²) in [6.07, 6.45) is -1.85. The fraction of sp³-hybridized carbons (Fsp3) is 1.00. The first-order valence-corrected chi connectivity index (χ1v) is 1.69. The topological polar surface area (TPSA) is 20.2 Å². The Kier molecular flexibility index (Phi) is 12.2. The molecule has 0 saturated heterocycles. The molecule has 0 spiro atoms. The summed E-state index contributed by atoms with van der Waals surface area (Å²) in [5.74, 6) is -0.333. The van der Waals surface area contributed by atoms with Gasteiger partial charge in [0.15, 0.2) is 0 Å². The van der Waals surface area contributed by atoms with Gasteiger partial charge >= 0.3 is 51.4 Å². The Morgan fingerprint density at radius 1 is 1.83 bits per heavy atom. The van der Waals surface area contributed by atoms with Gasteiger partial charge in [-0.05, 0) is 0 Å².